The van der Waals surface area contributed by atoms with Gasteiger partial charge in [0.1, 0.15) is 0 Å². The van der Waals surface area contributed by atoms with Gasteiger partial charge in [0.25, 0.3) is 0 Å². The van der Waals surface area contributed by atoms with Crippen LogP contribution in [0.25, 0.3) is 0 Å². The van der Waals surface area contributed by atoms with E-state index in [4.69, 9.17) is 0 Å². The molecule has 104 valence electrons. The number of piperazine rings is 1. The van der Waals surface area contributed by atoms with Crippen molar-refractivity contribution in [2.75, 3.05) is 38.5 Å². The van der Waals surface area contributed by atoms with E-state index in [2.05, 4.69) is 30.3 Å². The lowest BCUT2D eigenvalue weighted by Crippen LogP contribution is -2.48. The number of para-hydroxylation sites is 1. The van der Waals surface area contributed by atoms with E-state index in [0.717, 1.165) is 43.9 Å². The van der Waals surface area contributed by atoms with Gasteiger partial charge in [-0.3, -0.25) is 0 Å². The highest BCUT2D eigenvalue weighted by atomic mass is 16.2. The molecule has 2 amide bonds. The van der Waals surface area contributed by atoms with E-state index in [-0.39, 0.29) is 6.03 Å². The molecule has 0 bridgehead atoms. The van der Waals surface area contributed by atoms with Crippen LogP contribution in [0.1, 0.15) is 18.1 Å². The lowest BCUT2D eigenvalue weighted by Gasteiger charge is -2.32. The summed E-state index contributed by atoms with van der Waals surface area (Å²) in [4.78, 5) is 16.4. The first-order chi connectivity index (χ1) is 9.11. The van der Waals surface area contributed by atoms with Gasteiger partial charge in [-0.15, -0.1) is 0 Å². The number of hydrogen-bond donors (Lipinski definition) is 1. The Labute approximate surface area is 115 Å². The molecule has 1 aromatic carbocycles. The van der Waals surface area contributed by atoms with Gasteiger partial charge in [-0.05, 0) is 31.5 Å². The number of likely N-dealkylation sites (N-methyl/N-ethyl adjacent to an activating group) is 1. The number of nitrogens with zero attached hydrogens (tertiary/aromatic N) is 2. The highest BCUT2D eigenvalue weighted by molar-refractivity contribution is 5.91. The number of nitrogens with one attached hydrogen (secondary N) is 1. The Hall–Kier alpha value is -1.55. The molecule has 0 aromatic heterocycles. The summed E-state index contributed by atoms with van der Waals surface area (Å²) in [6, 6.07) is 6.18. The van der Waals surface area contributed by atoms with Crippen molar-refractivity contribution < 1.29 is 4.79 Å². The van der Waals surface area contributed by atoms with Crippen LogP contribution >= 0.6 is 0 Å². The van der Waals surface area contributed by atoms with Gasteiger partial charge in [0.2, 0.25) is 0 Å². The number of rotatable bonds is 2. The summed E-state index contributed by atoms with van der Waals surface area (Å²) in [6.45, 7) is 7.65. The average Bonchev–Trinajstić information content (AvgIpc) is 2.41. The number of hydrogen-bond acceptors (Lipinski definition) is 2. The number of benzene rings is 1. The second-order valence-corrected chi connectivity index (χ2v) is 5.18. The van der Waals surface area contributed by atoms with E-state index in [1.807, 2.05) is 24.0 Å². The van der Waals surface area contributed by atoms with Crippen LogP contribution in [-0.4, -0.2) is 49.1 Å². The number of amides is 2. The Balaban J connectivity index is 2.06. The van der Waals surface area contributed by atoms with Crippen LogP contribution < -0.4 is 5.32 Å². The van der Waals surface area contributed by atoms with E-state index < -0.39 is 0 Å². The van der Waals surface area contributed by atoms with Gasteiger partial charge in [-0.2, -0.15) is 0 Å². The van der Waals surface area contributed by atoms with Gasteiger partial charge < -0.3 is 15.1 Å². The van der Waals surface area contributed by atoms with Gasteiger partial charge in [0, 0.05) is 31.9 Å². The number of anilines is 1. The van der Waals surface area contributed by atoms with Gasteiger partial charge in [-0.25, -0.2) is 4.79 Å². The van der Waals surface area contributed by atoms with Crippen LogP contribution in [0.2, 0.25) is 0 Å². The van der Waals surface area contributed by atoms with Crippen molar-refractivity contribution in [2.24, 2.45) is 0 Å². The highest BCUT2D eigenvalue weighted by Crippen LogP contribution is 2.21. The summed E-state index contributed by atoms with van der Waals surface area (Å²) >= 11 is 0. The Morgan fingerprint density at radius 2 is 1.95 bits per heavy atom. The van der Waals surface area contributed by atoms with E-state index in [1.165, 1.54) is 5.56 Å². The van der Waals surface area contributed by atoms with Crippen LogP contribution in [-0.2, 0) is 6.42 Å². The van der Waals surface area contributed by atoms with Gasteiger partial charge in [0.05, 0.1) is 0 Å². The molecule has 0 spiro atoms. The summed E-state index contributed by atoms with van der Waals surface area (Å²) < 4.78 is 0. The second-order valence-electron chi connectivity index (χ2n) is 5.18. The maximum Gasteiger partial charge on any atom is 0.321 e. The summed E-state index contributed by atoms with van der Waals surface area (Å²) in [5, 5.41) is 3.08. The Morgan fingerprint density at radius 1 is 1.26 bits per heavy atom. The molecule has 4 heteroatoms. The minimum absolute atomic E-state index is 0.0251. The molecule has 1 N–H and O–H groups in total. The van der Waals surface area contributed by atoms with Crippen LogP contribution in [0, 0.1) is 6.92 Å². The van der Waals surface area contributed by atoms with Crippen molar-refractivity contribution in [3.8, 4) is 0 Å². The van der Waals surface area contributed by atoms with Crippen molar-refractivity contribution in [3.05, 3.63) is 29.3 Å². The zero-order chi connectivity index (χ0) is 13.8. The Morgan fingerprint density at radius 3 is 2.58 bits per heavy atom. The third kappa shape index (κ3) is 3.26. The zero-order valence-corrected chi connectivity index (χ0v) is 12.1. The topological polar surface area (TPSA) is 35.6 Å². The molecule has 0 unspecified atom stereocenters. The summed E-state index contributed by atoms with van der Waals surface area (Å²) in [5.41, 5.74) is 3.30. The summed E-state index contributed by atoms with van der Waals surface area (Å²) in [5.74, 6) is 0. The molecular weight excluding hydrogens is 238 g/mol. The lowest BCUT2D eigenvalue weighted by molar-refractivity contribution is 0.164. The Kier molecular flexibility index (Phi) is 4.43. The van der Waals surface area contributed by atoms with E-state index in [1.54, 1.807) is 0 Å². The first kappa shape index (κ1) is 13.9. The quantitative estimate of drug-likeness (QED) is 0.887. The first-order valence-electron chi connectivity index (χ1n) is 6.94. The molecule has 1 fully saturated rings. The summed E-state index contributed by atoms with van der Waals surface area (Å²) in [7, 11) is 2.09. The average molecular weight is 261 g/mol. The molecule has 1 aromatic rings. The van der Waals surface area contributed by atoms with Crippen molar-refractivity contribution in [1.82, 2.24) is 9.80 Å². The maximum atomic E-state index is 12.3. The minimum Gasteiger partial charge on any atom is -0.322 e. The monoisotopic (exact) mass is 261 g/mol. The third-order valence-corrected chi connectivity index (χ3v) is 3.76. The van der Waals surface area contributed by atoms with Crippen LogP contribution in [0.15, 0.2) is 18.2 Å². The molecular formula is C15H23N3O. The molecule has 2 rings (SSSR count). The molecule has 0 atom stereocenters. The Bertz CT molecular complexity index is 451. The predicted molar refractivity (Wildman–Crippen MR) is 78.6 cm³/mol. The molecule has 1 aliphatic rings. The van der Waals surface area contributed by atoms with Gasteiger partial charge in [-0.1, -0.05) is 25.1 Å². The number of aryl methyl sites for hydroxylation is 2. The lowest BCUT2D eigenvalue weighted by atomic mass is 10.1. The molecule has 1 aliphatic heterocycles. The molecule has 19 heavy (non-hydrogen) atoms. The van der Waals surface area contributed by atoms with Crippen molar-refractivity contribution in [1.29, 1.82) is 0 Å². The number of urea groups is 1. The standard InChI is InChI=1S/C15H23N3O/c1-4-13-7-5-6-12(2)14(13)16-15(19)18-10-8-17(3)9-11-18/h5-7H,4,8-11H2,1-3H3,(H,16,19). The van der Waals surface area contributed by atoms with Crippen molar-refractivity contribution >= 4 is 11.7 Å². The molecule has 4 nitrogen and oxygen atoms in total. The van der Waals surface area contributed by atoms with Gasteiger partial charge >= 0.3 is 6.03 Å². The highest BCUT2D eigenvalue weighted by Gasteiger charge is 2.19. The van der Waals surface area contributed by atoms with Gasteiger partial charge in [0.15, 0.2) is 0 Å². The fraction of sp³-hybridized carbons (Fsp3) is 0.533. The van der Waals surface area contributed by atoms with E-state index in [9.17, 15) is 4.79 Å². The minimum atomic E-state index is 0.0251. The van der Waals surface area contributed by atoms with E-state index >= 15 is 0 Å². The van der Waals surface area contributed by atoms with Crippen LogP contribution in [0.4, 0.5) is 10.5 Å². The second kappa shape index (κ2) is 6.06. The number of carbonyl (C=O) groups is 1. The van der Waals surface area contributed by atoms with Crippen molar-refractivity contribution in [2.45, 2.75) is 20.3 Å². The smallest absolute Gasteiger partial charge is 0.321 e. The largest absolute Gasteiger partial charge is 0.322 e. The van der Waals surface area contributed by atoms with Crippen molar-refractivity contribution in [3.63, 3.8) is 0 Å². The molecule has 0 saturated carbocycles. The predicted octanol–water partition coefficient (Wildman–Crippen LogP) is 2.34. The molecule has 0 aliphatic carbocycles. The molecule has 1 heterocycles. The maximum absolute atomic E-state index is 12.3. The number of carbonyl (C=O) groups excluding carboxylic acids is 1. The fourth-order valence-electron chi connectivity index (χ4n) is 2.40. The zero-order valence-electron chi connectivity index (χ0n) is 12.1. The van der Waals surface area contributed by atoms with E-state index in [0.29, 0.717) is 0 Å². The fourth-order valence-corrected chi connectivity index (χ4v) is 2.40. The third-order valence-electron chi connectivity index (χ3n) is 3.76. The normalized spacial score (nSPS) is 16.5. The SMILES string of the molecule is CCc1cccc(C)c1NC(=O)N1CCN(C)CC1. The molecule has 0 radical (unpaired) electrons. The first-order valence-corrected chi connectivity index (χ1v) is 6.94. The van der Waals surface area contributed by atoms with Crippen LogP contribution in [0.5, 0.6) is 0 Å². The molecule has 1 saturated heterocycles. The van der Waals surface area contributed by atoms with Crippen LogP contribution in [0.3, 0.4) is 0 Å². The summed E-state index contributed by atoms with van der Waals surface area (Å²) in [6.07, 6.45) is 0.931.